The van der Waals surface area contributed by atoms with Crippen molar-refractivity contribution >= 4 is 11.9 Å². The van der Waals surface area contributed by atoms with E-state index in [9.17, 15) is 9.59 Å². The minimum atomic E-state index is -0.154. The maximum absolute atomic E-state index is 11.5. The standard InChI is InChI=1S/C22H32O4/c1-13(23)25-16-5-7-17-15(12-16)4-6-19-18(17)10-11-22(3)20(19)8-9-21(22)26-14(2)24/h4,16-21H,5-12H2,1-3H3/t16-,17-,18?,19?,20?,21-,22-/m0/s1. The highest BCUT2D eigenvalue weighted by Gasteiger charge is 2.57. The van der Waals surface area contributed by atoms with E-state index in [1.165, 1.54) is 26.2 Å². The summed E-state index contributed by atoms with van der Waals surface area (Å²) in [5.74, 6) is 2.57. The van der Waals surface area contributed by atoms with Crippen molar-refractivity contribution < 1.29 is 19.1 Å². The lowest BCUT2D eigenvalue weighted by molar-refractivity contribution is -0.155. The Bertz CT molecular complexity index is 624. The predicted molar refractivity (Wildman–Crippen MR) is 98.2 cm³/mol. The first-order valence-corrected chi connectivity index (χ1v) is 10.4. The van der Waals surface area contributed by atoms with E-state index in [0.29, 0.717) is 11.8 Å². The number of rotatable bonds is 2. The Kier molecular flexibility index (Phi) is 4.65. The molecule has 0 N–H and O–H groups in total. The Morgan fingerprint density at radius 2 is 1.77 bits per heavy atom. The van der Waals surface area contributed by atoms with E-state index in [1.54, 1.807) is 12.5 Å². The predicted octanol–water partition coefficient (Wildman–Crippen LogP) is 4.42. The van der Waals surface area contributed by atoms with Gasteiger partial charge in [-0.15, -0.1) is 0 Å². The third-order valence-electron chi connectivity index (χ3n) is 7.95. The van der Waals surface area contributed by atoms with E-state index in [-0.39, 0.29) is 29.6 Å². The van der Waals surface area contributed by atoms with E-state index in [0.717, 1.165) is 43.9 Å². The van der Waals surface area contributed by atoms with Gasteiger partial charge < -0.3 is 9.47 Å². The van der Waals surface area contributed by atoms with Crippen molar-refractivity contribution in [3.8, 4) is 0 Å². The summed E-state index contributed by atoms with van der Waals surface area (Å²) in [5, 5.41) is 0. The van der Waals surface area contributed by atoms with E-state index in [1.807, 2.05) is 0 Å². The fraction of sp³-hybridized carbons (Fsp3) is 0.818. The van der Waals surface area contributed by atoms with Crippen molar-refractivity contribution in [1.82, 2.24) is 0 Å². The molecule has 0 aromatic rings. The molecule has 4 aliphatic rings. The van der Waals surface area contributed by atoms with Crippen LogP contribution in [0, 0.1) is 29.1 Å². The van der Waals surface area contributed by atoms with Gasteiger partial charge in [0.15, 0.2) is 0 Å². The largest absolute Gasteiger partial charge is 0.462 e. The minimum Gasteiger partial charge on any atom is -0.462 e. The molecule has 0 aromatic heterocycles. The zero-order chi connectivity index (χ0) is 18.5. The van der Waals surface area contributed by atoms with Crippen LogP contribution in [0.1, 0.15) is 72.1 Å². The van der Waals surface area contributed by atoms with Crippen molar-refractivity contribution in [2.45, 2.75) is 84.3 Å². The van der Waals surface area contributed by atoms with Crippen LogP contribution < -0.4 is 0 Å². The molecule has 0 aromatic carbocycles. The molecule has 0 aliphatic heterocycles. The molecule has 0 saturated heterocycles. The Morgan fingerprint density at radius 1 is 1.00 bits per heavy atom. The van der Waals surface area contributed by atoms with Gasteiger partial charge in [-0.2, -0.15) is 0 Å². The van der Waals surface area contributed by atoms with Crippen molar-refractivity contribution in [2.24, 2.45) is 29.1 Å². The second-order valence-electron chi connectivity index (χ2n) is 9.29. The van der Waals surface area contributed by atoms with Crippen molar-refractivity contribution in [2.75, 3.05) is 0 Å². The SMILES string of the molecule is CC(=O)O[C@H]1CC[C@H]2C(=CCC3C2CC[C@@]2(C)C3CC[C@@H]2OC(C)=O)C1. The fourth-order valence-electron chi connectivity index (χ4n) is 6.92. The number of carbonyl (C=O) groups excluding carboxylic acids is 2. The van der Waals surface area contributed by atoms with Crippen LogP contribution in [0.15, 0.2) is 11.6 Å². The van der Waals surface area contributed by atoms with E-state index in [2.05, 4.69) is 13.0 Å². The monoisotopic (exact) mass is 360 g/mol. The number of hydrogen-bond acceptors (Lipinski definition) is 4. The topological polar surface area (TPSA) is 52.6 Å². The fourth-order valence-corrected chi connectivity index (χ4v) is 6.92. The average molecular weight is 360 g/mol. The Morgan fingerprint density at radius 3 is 2.50 bits per heavy atom. The first-order chi connectivity index (χ1) is 12.4. The number of esters is 2. The molecule has 4 nitrogen and oxygen atoms in total. The second kappa shape index (κ2) is 6.69. The summed E-state index contributed by atoms with van der Waals surface area (Å²) in [7, 11) is 0. The maximum atomic E-state index is 11.5. The summed E-state index contributed by atoms with van der Waals surface area (Å²) < 4.78 is 11.2. The zero-order valence-corrected chi connectivity index (χ0v) is 16.3. The highest BCUT2D eigenvalue weighted by atomic mass is 16.5. The van der Waals surface area contributed by atoms with Gasteiger partial charge in [-0.1, -0.05) is 18.6 Å². The van der Waals surface area contributed by atoms with Crippen LogP contribution in [0.4, 0.5) is 0 Å². The van der Waals surface area contributed by atoms with Crippen molar-refractivity contribution in [1.29, 1.82) is 0 Å². The Balaban J connectivity index is 1.50. The molecule has 0 amide bonds. The lowest BCUT2D eigenvalue weighted by Crippen LogP contribution is -2.48. The Labute approximate surface area is 156 Å². The van der Waals surface area contributed by atoms with Gasteiger partial charge >= 0.3 is 11.9 Å². The summed E-state index contributed by atoms with van der Waals surface area (Å²) in [5.41, 5.74) is 1.70. The molecular weight excluding hydrogens is 328 g/mol. The summed E-state index contributed by atoms with van der Waals surface area (Å²) in [4.78, 5) is 22.8. The van der Waals surface area contributed by atoms with Crippen LogP contribution in [-0.2, 0) is 19.1 Å². The van der Waals surface area contributed by atoms with Crippen LogP contribution in [0.5, 0.6) is 0 Å². The average Bonchev–Trinajstić information content (AvgIpc) is 2.90. The number of allylic oxidation sites excluding steroid dienone is 1. The van der Waals surface area contributed by atoms with Crippen LogP contribution in [0.3, 0.4) is 0 Å². The van der Waals surface area contributed by atoms with E-state index >= 15 is 0 Å². The van der Waals surface area contributed by atoms with E-state index < -0.39 is 0 Å². The molecule has 4 aliphatic carbocycles. The third kappa shape index (κ3) is 2.99. The van der Waals surface area contributed by atoms with Crippen molar-refractivity contribution in [3.63, 3.8) is 0 Å². The molecule has 26 heavy (non-hydrogen) atoms. The summed E-state index contributed by atoms with van der Waals surface area (Å²) >= 11 is 0. The van der Waals surface area contributed by atoms with Crippen molar-refractivity contribution in [3.05, 3.63) is 11.6 Å². The highest BCUT2D eigenvalue weighted by Crippen LogP contribution is 2.62. The first-order valence-electron chi connectivity index (χ1n) is 10.4. The van der Waals surface area contributed by atoms with Crippen LogP contribution >= 0.6 is 0 Å². The molecule has 0 radical (unpaired) electrons. The van der Waals surface area contributed by atoms with Gasteiger partial charge in [-0.25, -0.2) is 0 Å². The molecule has 3 unspecified atom stereocenters. The van der Waals surface area contributed by atoms with Gasteiger partial charge in [0.2, 0.25) is 0 Å². The molecule has 3 fully saturated rings. The molecule has 4 heteroatoms. The van der Waals surface area contributed by atoms with Gasteiger partial charge in [0, 0.05) is 25.7 Å². The maximum Gasteiger partial charge on any atom is 0.302 e. The highest BCUT2D eigenvalue weighted by molar-refractivity contribution is 5.66. The molecule has 4 rings (SSSR count). The number of hydrogen-bond donors (Lipinski definition) is 0. The number of ether oxygens (including phenoxy) is 2. The van der Waals surface area contributed by atoms with Gasteiger partial charge in [0.05, 0.1) is 0 Å². The van der Waals surface area contributed by atoms with Gasteiger partial charge in [-0.3, -0.25) is 9.59 Å². The molecule has 7 atom stereocenters. The molecule has 144 valence electrons. The number of fused-ring (bicyclic) bond motifs is 5. The lowest BCUT2D eigenvalue weighted by Gasteiger charge is -2.53. The van der Waals surface area contributed by atoms with Crippen LogP contribution in [0.25, 0.3) is 0 Å². The summed E-state index contributed by atoms with van der Waals surface area (Å²) in [6, 6.07) is 0. The zero-order valence-electron chi connectivity index (χ0n) is 16.3. The third-order valence-corrected chi connectivity index (χ3v) is 7.95. The summed E-state index contributed by atoms with van der Waals surface area (Å²) in [6.45, 7) is 5.42. The second-order valence-corrected chi connectivity index (χ2v) is 9.29. The molecule has 0 spiro atoms. The summed E-state index contributed by atoms with van der Waals surface area (Å²) in [6.07, 6.45) is 11.5. The molecular formula is C22H32O4. The first kappa shape index (κ1) is 18.1. The molecule has 3 saturated carbocycles. The molecule has 0 bridgehead atoms. The van der Waals surface area contributed by atoms with Crippen LogP contribution in [0.2, 0.25) is 0 Å². The van der Waals surface area contributed by atoms with E-state index in [4.69, 9.17) is 9.47 Å². The van der Waals surface area contributed by atoms with Crippen LogP contribution in [-0.4, -0.2) is 24.1 Å². The smallest absolute Gasteiger partial charge is 0.302 e. The minimum absolute atomic E-state index is 0.0835. The van der Waals surface area contributed by atoms with Gasteiger partial charge in [-0.05, 0) is 68.6 Å². The lowest BCUT2D eigenvalue weighted by atomic mass is 9.53. The quantitative estimate of drug-likeness (QED) is 0.540. The Hall–Kier alpha value is -1.32. The van der Waals surface area contributed by atoms with Gasteiger partial charge in [0.1, 0.15) is 12.2 Å². The van der Waals surface area contributed by atoms with Gasteiger partial charge in [0.25, 0.3) is 0 Å². The molecule has 0 heterocycles. The number of carbonyl (C=O) groups is 2. The normalized spacial score (nSPS) is 44.2.